The molecule has 23 heavy (non-hydrogen) atoms. The van der Waals surface area contributed by atoms with Crippen LogP contribution < -0.4 is 5.32 Å². The molecule has 1 amide bonds. The Balaban J connectivity index is 2.05. The van der Waals surface area contributed by atoms with Gasteiger partial charge in [0.2, 0.25) is 0 Å². The maximum absolute atomic E-state index is 12.1. The van der Waals surface area contributed by atoms with Gasteiger partial charge in [0.1, 0.15) is 6.07 Å². The number of hydrogen-bond donors (Lipinski definition) is 1. The molecule has 0 spiro atoms. The van der Waals surface area contributed by atoms with Gasteiger partial charge in [-0.15, -0.1) is 0 Å². The summed E-state index contributed by atoms with van der Waals surface area (Å²) in [6.45, 7) is 1.44. The van der Waals surface area contributed by atoms with Crippen molar-refractivity contribution in [2.75, 3.05) is 5.32 Å². The van der Waals surface area contributed by atoms with Crippen LogP contribution in [0.15, 0.2) is 48.5 Å². The summed E-state index contributed by atoms with van der Waals surface area (Å²) in [6.07, 6.45) is -1.04. The fraction of sp³-hybridized carbons (Fsp3) is 0.118. The number of esters is 1. The minimum Gasteiger partial charge on any atom is -0.449 e. The smallest absolute Gasteiger partial charge is 0.340 e. The molecule has 0 unspecified atom stereocenters. The van der Waals surface area contributed by atoms with Crippen molar-refractivity contribution in [2.24, 2.45) is 0 Å². The van der Waals surface area contributed by atoms with Gasteiger partial charge in [0, 0.05) is 0 Å². The predicted octanol–water partition coefficient (Wildman–Crippen LogP) is 3.40. The first-order valence-corrected chi connectivity index (χ1v) is 7.16. The lowest BCUT2D eigenvalue weighted by atomic mass is 10.2. The molecular weight excluding hydrogens is 316 g/mol. The molecule has 0 radical (unpaired) electrons. The highest BCUT2D eigenvalue weighted by molar-refractivity contribution is 6.33. The van der Waals surface area contributed by atoms with Gasteiger partial charge in [-0.3, -0.25) is 4.79 Å². The molecule has 0 aromatic heterocycles. The van der Waals surface area contributed by atoms with Gasteiger partial charge < -0.3 is 10.1 Å². The van der Waals surface area contributed by atoms with Gasteiger partial charge in [-0.1, -0.05) is 35.9 Å². The highest BCUT2D eigenvalue weighted by Gasteiger charge is 2.21. The van der Waals surface area contributed by atoms with Crippen LogP contribution in [0.5, 0.6) is 0 Å². The van der Waals surface area contributed by atoms with Gasteiger partial charge in [-0.25, -0.2) is 4.79 Å². The monoisotopic (exact) mass is 328 g/mol. The van der Waals surface area contributed by atoms with Crippen molar-refractivity contribution in [2.45, 2.75) is 13.0 Å². The van der Waals surface area contributed by atoms with Gasteiger partial charge in [-0.05, 0) is 31.2 Å². The first kappa shape index (κ1) is 16.5. The molecule has 0 aliphatic carbocycles. The minimum absolute atomic E-state index is 0.186. The van der Waals surface area contributed by atoms with Crippen molar-refractivity contribution in [1.29, 1.82) is 5.26 Å². The topological polar surface area (TPSA) is 79.2 Å². The number of rotatable bonds is 4. The summed E-state index contributed by atoms with van der Waals surface area (Å²) in [7, 11) is 0. The second-order valence-corrected chi connectivity index (χ2v) is 5.08. The van der Waals surface area contributed by atoms with Crippen molar-refractivity contribution < 1.29 is 14.3 Å². The van der Waals surface area contributed by atoms with Crippen LogP contribution in [-0.2, 0) is 9.53 Å². The molecule has 0 aliphatic rings. The number of anilines is 1. The molecule has 6 heteroatoms. The van der Waals surface area contributed by atoms with Crippen LogP contribution in [0.4, 0.5) is 5.69 Å². The lowest BCUT2D eigenvalue weighted by Gasteiger charge is -2.14. The molecule has 5 nitrogen and oxygen atoms in total. The average Bonchev–Trinajstić information content (AvgIpc) is 2.55. The fourth-order valence-electron chi connectivity index (χ4n) is 1.83. The van der Waals surface area contributed by atoms with E-state index in [1.807, 2.05) is 6.07 Å². The number of hydrogen-bond acceptors (Lipinski definition) is 4. The SMILES string of the molecule is C[C@@H](OC(=O)c1ccccc1Cl)C(=O)Nc1ccccc1C#N. The number of carbonyl (C=O) groups is 2. The van der Waals surface area contributed by atoms with Crippen LogP contribution in [-0.4, -0.2) is 18.0 Å². The summed E-state index contributed by atoms with van der Waals surface area (Å²) >= 11 is 5.91. The van der Waals surface area contributed by atoms with Crippen LogP contribution >= 0.6 is 11.6 Å². The standard InChI is InChI=1S/C17H13ClN2O3/c1-11(23-17(22)13-7-3-4-8-14(13)18)16(21)20-15-9-5-2-6-12(15)10-19/h2-9,11H,1H3,(H,20,21)/t11-/m1/s1. The Kier molecular flexibility index (Phi) is 5.34. The van der Waals surface area contributed by atoms with Gasteiger partial charge in [0.15, 0.2) is 6.10 Å². The summed E-state index contributed by atoms with van der Waals surface area (Å²) in [6, 6.07) is 14.9. The van der Waals surface area contributed by atoms with E-state index in [4.69, 9.17) is 21.6 Å². The molecule has 1 N–H and O–H groups in total. The Morgan fingerprint density at radius 1 is 1.17 bits per heavy atom. The van der Waals surface area contributed by atoms with E-state index in [1.54, 1.807) is 42.5 Å². The van der Waals surface area contributed by atoms with Crippen molar-refractivity contribution in [3.05, 3.63) is 64.7 Å². The molecule has 116 valence electrons. The highest BCUT2D eigenvalue weighted by Crippen LogP contribution is 2.18. The van der Waals surface area contributed by atoms with Gasteiger partial charge >= 0.3 is 5.97 Å². The van der Waals surface area contributed by atoms with E-state index in [-0.39, 0.29) is 10.6 Å². The van der Waals surface area contributed by atoms with Gasteiger partial charge in [-0.2, -0.15) is 5.26 Å². The van der Waals surface area contributed by atoms with E-state index in [2.05, 4.69) is 5.32 Å². The number of amides is 1. The van der Waals surface area contributed by atoms with E-state index < -0.39 is 18.0 Å². The number of benzene rings is 2. The lowest BCUT2D eigenvalue weighted by molar-refractivity contribution is -0.123. The number of halogens is 1. The summed E-state index contributed by atoms with van der Waals surface area (Å²) in [5, 5.41) is 11.8. The Hall–Kier alpha value is -2.84. The zero-order valence-corrected chi connectivity index (χ0v) is 13.0. The summed E-state index contributed by atoms with van der Waals surface area (Å²) in [4.78, 5) is 24.1. The molecule has 0 fully saturated rings. The third-order valence-electron chi connectivity index (χ3n) is 3.05. The molecule has 0 saturated heterocycles. The Morgan fingerprint density at radius 2 is 1.83 bits per heavy atom. The zero-order valence-electron chi connectivity index (χ0n) is 12.2. The predicted molar refractivity (Wildman–Crippen MR) is 86.1 cm³/mol. The van der Waals surface area contributed by atoms with Crippen molar-refractivity contribution >= 4 is 29.2 Å². The summed E-state index contributed by atoms with van der Waals surface area (Å²) in [5.74, 6) is -1.22. The second-order valence-electron chi connectivity index (χ2n) is 4.67. The molecule has 2 rings (SSSR count). The number of nitriles is 1. The fourth-order valence-corrected chi connectivity index (χ4v) is 2.04. The minimum atomic E-state index is -1.04. The normalized spacial score (nSPS) is 11.2. The highest BCUT2D eigenvalue weighted by atomic mass is 35.5. The van der Waals surface area contributed by atoms with Gasteiger partial charge in [0.05, 0.1) is 21.8 Å². The molecule has 0 aliphatic heterocycles. The third kappa shape index (κ3) is 4.09. The summed E-state index contributed by atoms with van der Waals surface area (Å²) < 4.78 is 5.11. The van der Waals surface area contributed by atoms with Crippen LogP contribution in [0.3, 0.4) is 0 Å². The molecule has 0 saturated carbocycles. The van der Waals surface area contributed by atoms with E-state index in [9.17, 15) is 9.59 Å². The zero-order chi connectivity index (χ0) is 16.8. The number of nitrogens with zero attached hydrogens (tertiary/aromatic N) is 1. The van der Waals surface area contributed by atoms with Crippen LogP contribution in [0.2, 0.25) is 5.02 Å². The molecule has 2 aromatic carbocycles. The average molecular weight is 329 g/mol. The first-order chi connectivity index (χ1) is 11.0. The third-order valence-corrected chi connectivity index (χ3v) is 3.38. The number of para-hydroxylation sites is 1. The Labute approximate surface area is 138 Å². The number of carbonyl (C=O) groups excluding carboxylic acids is 2. The Morgan fingerprint density at radius 3 is 2.52 bits per heavy atom. The van der Waals surface area contributed by atoms with Crippen LogP contribution in [0, 0.1) is 11.3 Å². The molecular formula is C17H13ClN2O3. The lowest BCUT2D eigenvalue weighted by Crippen LogP contribution is -2.30. The Bertz CT molecular complexity index is 783. The van der Waals surface area contributed by atoms with Crippen molar-refractivity contribution in [3.8, 4) is 6.07 Å². The van der Waals surface area contributed by atoms with Crippen molar-refractivity contribution in [3.63, 3.8) is 0 Å². The van der Waals surface area contributed by atoms with Crippen LogP contribution in [0.25, 0.3) is 0 Å². The maximum Gasteiger partial charge on any atom is 0.340 e. The van der Waals surface area contributed by atoms with E-state index in [0.29, 0.717) is 11.3 Å². The number of ether oxygens (including phenoxy) is 1. The van der Waals surface area contributed by atoms with E-state index >= 15 is 0 Å². The molecule has 2 aromatic rings. The second kappa shape index (κ2) is 7.43. The van der Waals surface area contributed by atoms with Gasteiger partial charge in [0.25, 0.3) is 5.91 Å². The maximum atomic E-state index is 12.1. The van der Waals surface area contributed by atoms with E-state index in [0.717, 1.165) is 0 Å². The van der Waals surface area contributed by atoms with Crippen LogP contribution in [0.1, 0.15) is 22.8 Å². The first-order valence-electron chi connectivity index (χ1n) is 6.78. The molecule has 0 heterocycles. The summed E-state index contributed by atoms with van der Waals surface area (Å²) in [5.41, 5.74) is 0.873. The van der Waals surface area contributed by atoms with E-state index in [1.165, 1.54) is 13.0 Å². The van der Waals surface area contributed by atoms with Crippen molar-refractivity contribution in [1.82, 2.24) is 0 Å². The molecule has 1 atom stereocenters. The largest absolute Gasteiger partial charge is 0.449 e. The quantitative estimate of drug-likeness (QED) is 0.872. The number of nitrogens with one attached hydrogen (secondary N) is 1. The molecule has 0 bridgehead atoms.